The second kappa shape index (κ2) is 7.84. The summed E-state index contributed by atoms with van der Waals surface area (Å²) < 4.78 is 0. The van der Waals surface area contributed by atoms with E-state index in [1.807, 2.05) is 48.5 Å². The second-order valence-corrected chi connectivity index (χ2v) is 7.45. The van der Waals surface area contributed by atoms with Crippen LogP contribution < -0.4 is 5.32 Å². The summed E-state index contributed by atoms with van der Waals surface area (Å²) in [4.78, 5) is 33.0. The van der Waals surface area contributed by atoms with E-state index in [9.17, 15) is 4.79 Å². The molecule has 2 N–H and O–H groups in total. The molecule has 7 nitrogen and oxygen atoms in total. The van der Waals surface area contributed by atoms with Gasteiger partial charge in [0.25, 0.3) is 5.91 Å². The van der Waals surface area contributed by atoms with E-state index >= 15 is 0 Å². The monoisotopic (exact) mass is 412 g/mol. The Morgan fingerprint density at radius 3 is 2.57 bits per heavy atom. The van der Waals surface area contributed by atoms with Crippen molar-refractivity contribution in [3.05, 3.63) is 83.6 Å². The van der Waals surface area contributed by atoms with E-state index in [4.69, 9.17) is 0 Å². The van der Waals surface area contributed by atoms with Crippen molar-refractivity contribution in [2.24, 2.45) is 0 Å². The highest BCUT2D eigenvalue weighted by molar-refractivity contribution is 7.13. The van der Waals surface area contributed by atoms with Crippen molar-refractivity contribution in [3.8, 4) is 22.2 Å². The highest BCUT2D eigenvalue weighted by Gasteiger charge is 2.13. The normalized spacial score (nSPS) is 10.9. The Balaban J connectivity index is 1.24. The number of hydrogen-bond acceptors (Lipinski definition) is 6. The summed E-state index contributed by atoms with van der Waals surface area (Å²) >= 11 is 1.35. The summed E-state index contributed by atoms with van der Waals surface area (Å²) in [6.45, 7) is 0.411. The molecule has 5 aromatic rings. The van der Waals surface area contributed by atoms with Crippen LogP contribution in [0.4, 0.5) is 0 Å². The predicted molar refractivity (Wildman–Crippen MR) is 116 cm³/mol. The van der Waals surface area contributed by atoms with E-state index in [0.29, 0.717) is 23.1 Å². The number of thiazole rings is 1. The molecule has 0 aliphatic rings. The molecule has 2 aromatic carbocycles. The lowest BCUT2D eigenvalue weighted by Crippen LogP contribution is -2.23. The van der Waals surface area contributed by atoms with Gasteiger partial charge >= 0.3 is 0 Å². The molecule has 3 heterocycles. The van der Waals surface area contributed by atoms with Gasteiger partial charge < -0.3 is 10.3 Å². The number of benzene rings is 2. The largest absolute Gasteiger partial charge is 0.347 e. The number of aromatic amines is 1. The van der Waals surface area contributed by atoms with Gasteiger partial charge in [-0.2, -0.15) is 0 Å². The van der Waals surface area contributed by atoms with Crippen molar-refractivity contribution in [1.29, 1.82) is 0 Å². The first-order valence-electron chi connectivity index (χ1n) is 9.31. The first-order chi connectivity index (χ1) is 14.8. The van der Waals surface area contributed by atoms with Crippen LogP contribution in [0.3, 0.4) is 0 Å². The number of imidazole rings is 1. The number of carbonyl (C=O) groups is 1. The van der Waals surface area contributed by atoms with E-state index in [0.717, 1.165) is 28.0 Å². The summed E-state index contributed by atoms with van der Waals surface area (Å²) in [6.07, 6.45) is 3.30. The summed E-state index contributed by atoms with van der Waals surface area (Å²) in [7, 11) is 0. The van der Waals surface area contributed by atoms with Crippen LogP contribution in [-0.2, 0) is 6.54 Å². The molecule has 8 heteroatoms. The van der Waals surface area contributed by atoms with Gasteiger partial charge in [-0.3, -0.25) is 4.79 Å². The third-order valence-electron chi connectivity index (χ3n) is 4.56. The third kappa shape index (κ3) is 3.68. The van der Waals surface area contributed by atoms with E-state index < -0.39 is 0 Å². The molecule has 0 fully saturated rings. The van der Waals surface area contributed by atoms with Crippen molar-refractivity contribution in [3.63, 3.8) is 0 Å². The van der Waals surface area contributed by atoms with E-state index in [2.05, 4.69) is 30.2 Å². The van der Waals surface area contributed by atoms with Crippen LogP contribution in [0.2, 0.25) is 0 Å². The number of nitrogens with zero attached hydrogens (tertiary/aromatic N) is 4. The van der Waals surface area contributed by atoms with Gasteiger partial charge in [-0.05, 0) is 23.8 Å². The molecule has 0 aliphatic carbocycles. The summed E-state index contributed by atoms with van der Waals surface area (Å²) in [5.74, 6) is 1.11. The maximum absolute atomic E-state index is 12.4. The molecule has 0 atom stereocenters. The molecule has 30 heavy (non-hydrogen) atoms. The smallest absolute Gasteiger partial charge is 0.271 e. The van der Waals surface area contributed by atoms with Crippen molar-refractivity contribution >= 4 is 28.3 Å². The zero-order valence-corrected chi connectivity index (χ0v) is 16.6. The number of fused-ring (bicyclic) bond motifs is 1. The minimum atomic E-state index is -0.227. The fraction of sp³-hybridized carbons (Fsp3) is 0.0455. The van der Waals surface area contributed by atoms with Crippen LogP contribution in [0.15, 0.2) is 72.4 Å². The molecule has 0 saturated heterocycles. The molecule has 3 aromatic heterocycles. The molecule has 0 aliphatic heterocycles. The number of para-hydroxylation sites is 2. The van der Waals surface area contributed by atoms with Gasteiger partial charge in [0.2, 0.25) is 0 Å². The molecular formula is C22H16N6OS. The quantitative estimate of drug-likeness (QED) is 0.454. The van der Waals surface area contributed by atoms with Crippen LogP contribution in [-0.4, -0.2) is 30.8 Å². The molecule has 0 radical (unpaired) electrons. The molecule has 0 saturated carbocycles. The lowest BCUT2D eigenvalue weighted by Gasteiger charge is -2.04. The van der Waals surface area contributed by atoms with E-state index in [-0.39, 0.29) is 5.91 Å². The maximum atomic E-state index is 12.4. The van der Waals surface area contributed by atoms with Crippen LogP contribution in [0, 0.1) is 0 Å². The minimum Gasteiger partial charge on any atom is -0.347 e. The molecule has 146 valence electrons. The molecule has 1 amide bonds. The Kier molecular flexibility index (Phi) is 4.74. The SMILES string of the molecule is O=C(NCc1ccc(-c2nc3ccccc3[nH]2)cc1)c1csc(-c2ncccn2)n1. The first-order valence-corrected chi connectivity index (χ1v) is 10.2. The zero-order valence-electron chi connectivity index (χ0n) is 15.7. The average molecular weight is 412 g/mol. The number of carbonyl (C=O) groups excluding carboxylic acids is 1. The minimum absolute atomic E-state index is 0.227. The van der Waals surface area contributed by atoms with Gasteiger partial charge in [0.1, 0.15) is 11.5 Å². The number of nitrogens with one attached hydrogen (secondary N) is 2. The number of hydrogen-bond donors (Lipinski definition) is 2. The van der Waals surface area contributed by atoms with Gasteiger partial charge in [-0.25, -0.2) is 19.9 Å². The average Bonchev–Trinajstić information content (AvgIpc) is 3.46. The van der Waals surface area contributed by atoms with E-state index in [1.54, 1.807) is 23.8 Å². The molecular weight excluding hydrogens is 396 g/mol. The van der Waals surface area contributed by atoms with Crippen molar-refractivity contribution in [1.82, 2.24) is 30.2 Å². The van der Waals surface area contributed by atoms with Crippen LogP contribution >= 0.6 is 11.3 Å². The summed E-state index contributed by atoms with van der Waals surface area (Å²) in [5.41, 5.74) is 4.29. The Hall–Kier alpha value is -3.91. The van der Waals surface area contributed by atoms with Crippen molar-refractivity contribution in [2.75, 3.05) is 0 Å². The summed E-state index contributed by atoms with van der Waals surface area (Å²) in [6, 6.07) is 17.6. The first kappa shape index (κ1) is 18.1. The fourth-order valence-corrected chi connectivity index (χ4v) is 3.78. The Labute approximate surface area is 175 Å². The number of amides is 1. The van der Waals surface area contributed by atoms with Gasteiger partial charge in [0, 0.05) is 29.9 Å². The number of H-pyrrole nitrogens is 1. The van der Waals surface area contributed by atoms with E-state index in [1.165, 1.54) is 11.3 Å². The predicted octanol–water partition coefficient (Wildman–Crippen LogP) is 4.07. The van der Waals surface area contributed by atoms with Gasteiger partial charge in [-0.15, -0.1) is 11.3 Å². The van der Waals surface area contributed by atoms with Crippen molar-refractivity contribution < 1.29 is 4.79 Å². The van der Waals surface area contributed by atoms with Gasteiger partial charge in [-0.1, -0.05) is 36.4 Å². The fourth-order valence-electron chi connectivity index (χ4n) is 3.03. The topological polar surface area (TPSA) is 96.5 Å². The molecule has 0 unspecified atom stereocenters. The highest BCUT2D eigenvalue weighted by Crippen LogP contribution is 2.21. The molecule has 0 bridgehead atoms. The van der Waals surface area contributed by atoms with Crippen LogP contribution in [0.1, 0.15) is 16.1 Å². The Morgan fingerprint density at radius 2 is 1.77 bits per heavy atom. The van der Waals surface area contributed by atoms with Crippen LogP contribution in [0.5, 0.6) is 0 Å². The Bertz CT molecular complexity index is 1280. The molecule has 5 rings (SSSR count). The Morgan fingerprint density at radius 1 is 0.967 bits per heavy atom. The van der Waals surface area contributed by atoms with Gasteiger partial charge in [0.05, 0.1) is 11.0 Å². The lowest BCUT2D eigenvalue weighted by atomic mass is 10.1. The third-order valence-corrected chi connectivity index (χ3v) is 5.40. The van der Waals surface area contributed by atoms with Gasteiger partial charge in [0.15, 0.2) is 10.8 Å². The lowest BCUT2D eigenvalue weighted by molar-refractivity contribution is 0.0946. The molecule has 0 spiro atoms. The standard InChI is InChI=1S/C22H16N6OS/c29-21(18-13-30-22(28-18)20-23-10-3-11-24-20)25-12-14-6-8-15(9-7-14)19-26-16-4-1-2-5-17(16)27-19/h1-11,13H,12H2,(H,25,29)(H,26,27). The number of rotatable bonds is 5. The maximum Gasteiger partial charge on any atom is 0.271 e. The second-order valence-electron chi connectivity index (χ2n) is 6.59. The van der Waals surface area contributed by atoms with Crippen LogP contribution in [0.25, 0.3) is 33.3 Å². The van der Waals surface area contributed by atoms with Crippen molar-refractivity contribution in [2.45, 2.75) is 6.54 Å². The highest BCUT2D eigenvalue weighted by atomic mass is 32.1. The summed E-state index contributed by atoms with van der Waals surface area (Å²) in [5, 5.41) is 5.24. The number of aromatic nitrogens is 5. The zero-order chi connectivity index (χ0) is 20.3.